The van der Waals surface area contributed by atoms with E-state index in [1.54, 1.807) is 36.4 Å². The lowest BCUT2D eigenvalue weighted by molar-refractivity contribution is -0.167. The van der Waals surface area contributed by atoms with Crippen LogP contribution >= 0.6 is 0 Å². The summed E-state index contributed by atoms with van der Waals surface area (Å²) in [6, 6.07) is 8.35. The molecule has 0 N–H and O–H groups in total. The molecular formula is C15H20O4S. The van der Waals surface area contributed by atoms with Gasteiger partial charge in [-0.3, -0.25) is 0 Å². The lowest BCUT2D eigenvalue weighted by Crippen LogP contribution is -2.28. The van der Waals surface area contributed by atoms with Crippen LogP contribution in [0.3, 0.4) is 0 Å². The third-order valence-electron chi connectivity index (χ3n) is 3.50. The van der Waals surface area contributed by atoms with Crippen LogP contribution in [-0.4, -0.2) is 26.9 Å². The van der Waals surface area contributed by atoms with Gasteiger partial charge < -0.3 is 9.47 Å². The van der Waals surface area contributed by atoms with E-state index >= 15 is 0 Å². The van der Waals surface area contributed by atoms with Crippen LogP contribution in [0.2, 0.25) is 0 Å². The number of hydrogen-bond acceptors (Lipinski definition) is 4. The van der Waals surface area contributed by atoms with Crippen molar-refractivity contribution in [3.8, 4) is 0 Å². The van der Waals surface area contributed by atoms with Crippen LogP contribution in [0.25, 0.3) is 0 Å². The van der Waals surface area contributed by atoms with Crippen LogP contribution in [0.15, 0.2) is 46.7 Å². The third-order valence-corrected chi connectivity index (χ3v) is 4.94. The van der Waals surface area contributed by atoms with Crippen molar-refractivity contribution in [2.24, 2.45) is 0 Å². The first-order valence-corrected chi connectivity index (χ1v) is 8.36. The first-order chi connectivity index (χ1) is 9.51. The Kier molecular flexibility index (Phi) is 4.62. The molecule has 1 aromatic rings. The molecule has 1 aliphatic heterocycles. The molecule has 0 radical (unpaired) electrons. The summed E-state index contributed by atoms with van der Waals surface area (Å²) in [7, 11) is -3.41. The van der Waals surface area contributed by atoms with Gasteiger partial charge in [0.2, 0.25) is 0 Å². The van der Waals surface area contributed by atoms with Crippen LogP contribution in [0.1, 0.15) is 26.7 Å². The summed E-state index contributed by atoms with van der Waals surface area (Å²) in [6.45, 7) is 4.38. The number of benzene rings is 1. The maximum Gasteiger partial charge on any atom is 0.199 e. The summed E-state index contributed by atoms with van der Waals surface area (Å²) in [4.78, 5) is 0.285. The Hall–Kier alpha value is -1.17. The molecule has 0 spiro atoms. The summed E-state index contributed by atoms with van der Waals surface area (Å²) < 4.78 is 35.7. The fraction of sp³-hybridized carbons (Fsp3) is 0.467. The van der Waals surface area contributed by atoms with Gasteiger partial charge >= 0.3 is 0 Å². The standard InChI is InChI=1S/C15H20O4S/c1-3-15(4-2)18-12-13(19-15)10-11-20(16,17)14-8-6-5-7-9-14/h5-11,13H,3-4,12H2,1-2H3/b11-10-/t13-/m1/s1. The third kappa shape index (κ3) is 3.29. The van der Waals surface area contributed by atoms with Crippen molar-refractivity contribution in [2.75, 3.05) is 6.61 Å². The lowest BCUT2D eigenvalue weighted by Gasteiger charge is -2.24. The molecule has 0 aliphatic carbocycles. The normalized spacial score (nSPS) is 22.4. The largest absolute Gasteiger partial charge is 0.347 e. The van der Waals surface area contributed by atoms with Crippen molar-refractivity contribution in [3.05, 3.63) is 41.8 Å². The molecule has 1 aromatic carbocycles. The predicted molar refractivity (Wildman–Crippen MR) is 76.9 cm³/mol. The molecule has 1 saturated heterocycles. The summed E-state index contributed by atoms with van der Waals surface area (Å²) in [6.07, 6.45) is 2.75. The van der Waals surface area contributed by atoms with Gasteiger partial charge in [-0.2, -0.15) is 0 Å². The Labute approximate surface area is 120 Å². The van der Waals surface area contributed by atoms with Crippen molar-refractivity contribution in [3.63, 3.8) is 0 Å². The maximum atomic E-state index is 12.1. The van der Waals surface area contributed by atoms with Gasteiger partial charge in [-0.15, -0.1) is 0 Å². The number of rotatable bonds is 5. The molecular weight excluding hydrogens is 276 g/mol. The Bertz CT molecular complexity index is 559. The van der Waals surface area contributed by atoms with E-state index < -0.39 is 15.6 Å². The molecule has 4 nitrogen and oxygen atoms in total. The average Bonchev–Trinajstić information content (AvgIpc) is 2.91. The van der Waals surface area contributed by atoms with Gasteiger partial charge in [0.1, 0.15) is 6.10 Å². The van der Waals surface area contributed by atoms with Gasteiger partial charge in [-0.25, -0.2) is 8.42 Å². The van der Waals surface area contributed by atoms with E-state index in [4.69, 9.17) is 9.47 Å². The summed E-state index contributed by atoms with van der Waals surface area (Å²) in [5.74, 6) is -0.564. The lowest BCUT2D eigenvalue weighted by atomic mass is 10.1. The van der Waals surface area contributed by atoms with Crippen molar-refractivity contribution >= 4 is 9.84 Å². The van der Waals surface area contributed by atoms with Crippen LogP contribution in [0, 0.1) is 0 Å². The average molecular weight is 296 g/mol. The fourth-order valence-corrected chi connectivity index (χ4v) is 3.25. The minimum absolute atomic E-state index is 0.285. The quantitative estimate of drug-likeness (QED) is 0.838. The Balaban J connectivity index is 2.08. The highest BCUT2D eigenvalue weighted by molar-refractivity contribution is 7.94. The van der Waals surface area contributed by atoms with E-state index in [1.165, 1.54) is 5.41 Å². The monoisotopic (exact) mass is 296 g/mol. The molecule has 0 amide bonds. The highest BCUT2D eigenvalue weighted by Gasteiger charge is 2.37. The molecule has 20 heavy (non-hydrogen) atoms. The maximum absolute atomic E-state index is 12.1. The smallest absolute Gasteiger partial charge is 0.199 e. The zero-order valence-corrected chi connectivity index (χ0v) is 12.6. The second-order valence-electron chi connectivity index (χ2n) is 4.77. The van der Waals surface area contributed by atoms with Gasteiger partial charge in [-0.05, 0) is 31.1 Å². The Morgan fingerprint density at radius 1 is 1.25 bits per heavy atom. The highest BCUT2D eigenvalue weighted by Crippen LogP contribution is 2.30. The molecule has 1 fully saturated rings. The van der Waals surface area contributed by atoms with E-state index in [9.17, 15) is 8.42 Å². The van der Waals surface area contributed by atoms with E-state index in [0.717, 1.165) is 12.8 Å². The molecule has 0 saturated carbocycles. The second-order valence-corrected chi connectivity index (χ2v) is 6.61. The van der Waals surface area contributed by atoms with Crippen molar-refractivity contribution in [1.29, 1.82) is 0 Å². The van der Waals surface area contributed by atoms with E-state index in [-0.39, 0.29) is 11.0 Å². The van der Waals surface area contributed by atoms with Gasteiger partial charge in [-0.1, -0.05) is 32.0 Å². The molecule has 1 atom stereocenters. The first-order valence-electron chi connectivity index (χ1n) is 6.81. The number of ether oxygens (including phenoxy) is 2. The fourth-order valence-electron chi connectivity index (χ4n) is 2.17. The first kappa shape index (κ1) is 15.2. The van der Waals surface area contributed by atoms with Crippen LogP contribution in [0.4, 0.5) is 0 Å². The van der Waals surface area contributed by atoms with Crippen LogP contribution in [0.5, 0.6) is 0 Å². The molecule has 1 heterocycles. The number of sulfone groups is 1. The number of hydrogen-bond donors (Lipinski definition) is 0. The SMILES string of the molecule is CCC1(CC)OC[C@@H](/C=C\S(=O)(=O)c2ccccc2)O1. The van der Waals surface area contributed by atoms with Gasteiger partial charge in [0.05, 0.1) is 11.5 Å². The molecule has 1 aliphatic rings. The van der Waals surface area contributed by atoms with Crippen LogP contribution < -0.4 is 0 Å². The summed E-state index contributed by atoms with van der Waals surface area (Å²) >= 11 is 0. The summed E-state index contributed by atoms with van der Waals surface area (Å²) in [5.41, 5.74) is 0. The predicted octanol–water partition coefficient (Wildman–Crippen LogP) is 2.91. The zero-order valence-electron chi connectivity index (χ0n) is 11.8. The molecule has 0 unspecified atom stereocenters. The Morgan fingerprint density at radius 3 is 2.45 bits per heavy atom. The second kappa shape index (κ2) is 6.08. The van der Waals surface area contributed by atoms with Crippen molar-refractivity contribution in [2.45, 2.75) is 43.5 Å². The molecule has 0 aromatic heterocycles. The molecule has 110 valence electrons. The minimum Gasteiger partial charge on any atom is -0.347 e. The molecule has 0 bridgehead atoms. The topological polar surface area (TPSA) is 52.6 Å². The van der Waals surface area contributed by atoms with E-state index in [0.29, 0.717) is 6.61 Å². The molecule has 2 rings (SSSR count). The summed E-state index contributed by atoms with van der Waals surface area (Å²) in [5, 5.41) is 1.21. The van der Waals surface area contributed by atoms with Gasteiger partial charge in [0.25, 0.3) is 0 Å². The van der Waals surface area contributed by atoms with E-state index in [1.807, 2.05) is 13.8 Å². The van der Waals surface area contributed by atoms with Gasteiger partial charge in [0.15, 0.2) is 15.6 Å². The van der Waals surface area contributed by atoms with E-state index in [2.05, 4.69) is 0 Å². The minimum atomic E-state index is -3.41. The zero-order chi connectivity index (χ0) is 14.6. The van der Waals surface area contributed by atoms with Crippen molar-refractivity contribution in [1.82, 2.24) is 0 Å². The molecule has 5 heteroatoms. The van der Waals surface area contributed by atoms with Crippen LogP contribution in [-0.2, 0) is 19.3 Å². The van der Waals surface area contributed by atoms with Gasteiger partial charge in [0, 0.05) is 5.41 Å². The highest BCUT2D eigenvalue weighted by atomic mass is 32.2. The Morgan fingerprint density at radius 2 is 1.90 bits per heavy atom. The van der Waals surface area contributed by atoms with Crippen molar-refractivity contribution < 1.29 is 17.9 Å².